The van der Waals surface area contributed by atoms with E-state index in [0.717, 1.165) is 16.5 Å². The number of benzene rings is 2. The van der Waals surface area contributed by atoms with Crippen LogP contribution in [0, 0.1) is 12.7 Å². The fourth-order valence-electron chi connectivity index (χ4n) is 2.34. The quantitative estimate of drug-likeness (QED) is 0.717. The highest BCUT2D eigenvalue weighted by molar-refractivity contribution is 9.10. The molecule has 0 radical (unpaired) electrons. The van der Waals surface area contributed by atoms with Crippen LogP contribution < -0.4 is 10.1 Å². The van der Waals surface area contributed by atoms with Gasteiger partial charge in [-0.1, -0.05) is 22.0 Å². The van der Waals surface area contributed by atoms with E-state index in [4.69, 9.17) is 4.74 Å². The van der Waals surface area contributed by atoms with Crippen molar-refractivity contribution in [1.29, 1.82) is 0 Å². The van der Waals surface area contributed by atoms with Crippen LogP contribution in [-0.2, 0) is 4.79 Å². The molecule has 0 saturated carbocycles. The minimum atomic E-state index is -0.526. The first kappa shape index (κ1) is 16.4. The lowest BCUT2D eigenvalue weighted by atomic mass is 10.1. The zero-order chi connectivity index (χ0) is 17.1. The van der Waals surface area contributed by atoms with Gasteiger partial charge in [0, 0.05) is 16.1 Å². The largest absolute Gasteiger partial charge is 0.481 e. The average Bonchev–Trinajstić information content (AvgIpc) is 2.57. The molecular formula is C18H14BrFN2O2. The van der Waals surface area contributed by atoms with Gasteiger partial charge in [-0.25, -0.2) is 4.39 Å². The number of hydrogen-bond donors (Lipinski definition) is 1. The molecule has 1 amide bonds. The molecule has 1 N–H and O–H groups in total. The third-order valence-electron chi connectivity index (χ3n) is 3.50. The second kappa shape index (κ2) is 6.97. The Labute approximate surface area is 146 Å². The number of nitrogens with one attached hydrogen (secondary N) is 1. The van der Waals surface area contributed by atoms with Gasteiger partial charge in [-0.05, 0) is 48.9 Å². The van der Waals surface area contributed by atoms with E-state index in [9.17, 15) is 9.18 Å². The number of anilines is 1. The van der Waals surface area contributed by atoms with Crippen molar-refractivity contribution in [3.63, 3.8) is 0 Å². The number of ether oxygens (including phenoxy) is 1. The smallest absolute Gasteiger partial charge is 0.262 e. The van der Waals surface area contributed by atoms with Gasteiger partial charge in [0.25, 0.3) is 5.91 Å². The molecule has 122 valence electrons. The Balaban J connectivity index is 1.72. The third kappa shape index (κ3) is 3.54. The number of carbonyl (C=O) groups is 1. The van der Waals surface area contributed by atoms with Crippen molar-refractivity contribution in [2.24, 2.45) is 0 Å². The molecule has 0 bridgehead atoms. The Kier molecular flexibility index (Phi) is 4.76. The number of fused-ring (bicyclic) bond motifs is 1. The first-order valence-corrected chi connectivity index (χ1v) is 8.06. The number of carbonyl (C=O) groups excluding carboxylic acids is 1. The molecule has 0 fully saturated rings. The van der Waals surface area contributed by atoms with E-state index in [2.05, 4.69) is 26.2 Å². The maximum atomic E-state index is 13.7. The predicted molar refractivity (Wildman–Crippen MR) is 94.7 cm³/mol. The van der Waals surface area contributed by atoms with Gasteiger partial charge in [-0.2, -0.15) is 0 Å². The standard InChI is InChI=1S/C18H14BrFN2O2/c1-11-4-6-15(13-3-2-8-21-18(11)13)22-17(23)10-24-16-7-5-12(19)9-14(16)20/h2-9H,10H2,1H3,(H,22,23). The molecular weight excluding hydrogens is 375 g/mol. The molecule has 3 aromatic rings. The Hall–Kier alpha value is -2.47. The Morgan fingerprint density at radius 2 is 2.12 bits per heavy atom. The number of nitrogens with zero attached hydrogens (tertiary/aromatic N) is 1. The van der Waals surface area contributed by atoms with Crippen LogP contribution >= 0.6 is 15.9 Å². The van der Waals surface area contributed by atoms with Crippen LogP contribution in [0.3, 0.4) is 0 Å². The minimum Gasteiger partial charge on any atom is -0.481 e. The van der Waals surface area contributed by atoms with E-state index in [-0.39, 0.29) is 18.3 Å². The lowest BCUT2D eigenvalue weighted by Crippen LogP contribution is -2.20. The number of aryl methyl sites for hydroxylation is 1. The fraction of sp³-hybridized carbons (Fsp3) is 0.111. The summed E-state index contributed by atoms with van der Waals surface area (Å²) in [6.45, 7) is 1.68. The van der Waals surface area contributed by atoms with Gasteiger partial charge in [0.15, 0.2) is 18.2 Å². The summed E-state index contributed by atoms with van der Waals surface area (Å²) in [5.74, 6) is -0.864. The highest BCUT2D eigenvalue weighted by atomic mass is 79.9. The van der Waals surface area contributed by atoms with Crippen molar-refractivity contribution in [2.45, 2.75) is 6.92 Å². The van der Waals surface area contributed by atoms with E-state index in [0.29, 0.717) is 10.2 Å². The molecule has 0 aliphatic rings. The zero-order valence-corrected chi connectivity index (χ0v) is 14.4. The van der Waals surface area contributed by atoms with Crippen LogP contribution in [0.1, 0.15) is 5.56 Å². The normalized spacial score (nSPS) is 10.6. The van der Waals surface area contributed by atoms with Gasteiger partial charge in [0.1, 0.15) is 0 Å². The summed E-state index contributed by atoms with van der Waals surface area (Å²) >= 11 is 3.17. The summed E-state index contributed by atoms with van der Waals surface area (Å²) in [5, 5.41) is 3.63. The minimum absolute atomic E-state index is 0.0313. The number of amides is 1. The van der Waals surface area contributed by atoms with Crippen LogP contribution in [0.5, 0.6) is 5.75 Å². The summed E-state index contributed by atoms with van der Waals surface area (Å²) in [4.78, 5) is 16.4. The van der Waals surface area contributed by atoms with Gasteiger partial charge in [0.05, 0.1) is 11.2 Å². The van der Waals surface area contributed by atoms with Crippen molar-refractivity contribution >= 4 is 38.4 Å². The first-order chi connectivity index (χ1) is 11.5. The number of halogens is 2. The molecule has 6 heteroatoms. The zero-order valence-electron chi connectivity index (χ0n) is 12.8. The molecule has 0 unspecified atom stereocenters. The van der Waals surface area contributed by atoms with Crippen LogP contribution in [0.4, 0.5) is 10.1 Å². The van der Waals surface area contributed by atoms with Crippen molar-refractivity contribution < 1.29 is 13.9 Å². The van der Waals surface area contributed by atoms with Crippen LogP contribution in [-0.4, -0.2) is 17.5 Å². The molecule has 2 aromatic carbocycles. The van der Waals surface area contributed by atoms with Gasteiger partial charge in [-0.3, -0.25) is 9.78 Å². The number of aromatic nitrogens is 1. The van der Waals surface area contributed by atoms with E-state index in [1.165, 1.54) is 12.1 Å². The second-order valence-electron chi connectivity index (χ2n) is 5.24. The van der Waals surface area contributed by atoms with Gasteiger partial charge in [-0.15, -0.1) is 0 Å². The summed E-state index contributed by atoms with van der Waals surface area (Å²) in [5.41, 5.74) is 2.50. The van der Waals surface area contributed by atoms with E-state index in [1.54, 1.807) is 12.3 Å². The average molecular weight is 389 g/mol. The van der Waals surface area contributed by atoms with Crippen LogP contribution in [0.2, 0.25) is 0 Å². The molecule has 4 nitrogen and oxygen atoms in total. The highest BCUT2D eigenvalue weighted by Crippen LogP contribution is 2.25. The van der Waals surface area contributed by atoms with Crippen molar-refractivity contribution in [3.8, 4) is 5.75 Å². The molecule has 0 aliphatic carbocycles. The van der Waals surface area contributed by atoms with Crippen molar-refractivity contribution in [3.05, 3.63) is 64.5 Å². The number of hydrogen-bond acceptors (Lipinski definition) is 3. The van der Waals surface area contributed by atoms with E-state index >= 15 is 0 Å². The van der Waals surface area contributed by atoms with Gasteiger partial charge >= 0.3 is 0 Å². The van der Waals surface area contributed by atoms with E-state index in [1.807, 2.05) is 31.2 Å². The second-order valence-corrected chi connectivity index (χ2v) is 6.16. The SMILES string of the molecule is Cc1ccc(NC(=O)COc2ccc(Br)cc2F)c2cccnc12. The summed E-state index contributed by atoms with van der Waals surface area (Å²) in [7, 11) is 0. The van der Waals surface area contributed by atoms with Crippen molar-refractivity contribution in [2.75, 3.05) is 11.9 Å². The van der Waals surface area contributed by atoms with Crippen LogP contribution in [0.15, 0.2) is 53.1 Å². The van der Waals surface area contributed by atoms with E-state index < -0.39 is 5.82 Å². The van der Waals surface area contributed by atoms with Crippen molar-refractivity contribution in [1.82, 2.24) is 4.98 Å². The molecule has 0 aliphatic heterocycles. The Bertz CT molecular complexity index is 915. The molecule has 0 saturated heterocycles. The van der Waals surface area contributed by atoms with Crippen LogP contribution in [0.25, 0.3) is 10.9 Å². The molecule has 24 heavy (non-hydrogen) atoms. The fourth-order valence-corrected chi connectivity index (χ4v) is 2.68. The molecule has 1 heterocycles. The molecule has 3 rings (SSSR count). The Morgan fingerprint density at radius 1 is 1.29 bits per heavy atom. The summed E-state index contributed by atoms with van der Waals surface area (Å²) < 4.78 is 19.5. The Morgan fingerprint density at radius 3 is 2.92 bits per heavy atom. The summed E-state index contributed by atoms with van der Waals surface area (Å²) in [6, 6.07) is 11.8. The maximum Gasteiger partial charge on any atom is 0.262 e. The topological polar surface area (TPSA) is 51.2 Å². The summed E-state index contributed by atoms with van der Waals surface area (Å²) in [6.07, 6.45) is 1.71. The first-order valence-electron chi connectivity index (χ1n) is 7.26. The van der Waals surface area contributed by atoms with Gasteiger partial charge < -0.3 is 10.1 Å². The maximum absolute atomic E-state index is 13.7. The molecule has 0 atom stereocenters. The molecule has 0 spiro atoms. The van der Waals surface area contributed by atoms with Gasteiger partial charge in [0.2, 0.25) is 0 Å². The predicted octanol–water partition coefficient (Wildman–Crippen LogP) is 4.46. The lowest BCUT2D eigenvalue weighted by Gasteiger charge is -2.11. The third-order valence-corrected chi connectivity index (χ3v) is 3.99. The highest BCUT2D eigenvalue weighted by Gasteiger charge is 2.10. The molecule has 1 aromatic heterocycles. The number of rotatable bonds is 4. The number of pyridine rings is 1. The lowest BCUT2D eigenvalue weighted by molar-refractivity contribution is -0.118. The monoisotopic (exact) mass is 388 g/mol.